The van der Waals surface area contributed by atoms with Gasteiger partial charge in [0.2, 0.25) is 0 Å². The summed E-state index contributed by atoms with van der Waals surface area (Å²) in [6.45, 7) is 6.36. The maximum absolute atomic E-state index is 12.0. The van der Waals surface area contributed by atoms with Crippen LogP contribution in [0.15, 0.2) is 0 Å². The molecule has 0 aliphatic carbocycles. The van der Waals surface area contributed by atoms with E-state index >= 15 is 0 Å². The Hall–Kier alpha value is -0.210. The highest BCUT2D eigenvalue weighted by atomic mass is 32.2. The molecule has 0 spiro atoms. The summed E-state index contributed by atoms with van der Waals surface area (Å²) in [4.78, 5) is 0. The van der Waals surface area contributed by atoms with Crippen LogP contribution in [0.3, 0.4) is 0 Å². The number of ether oxygens (including phenoxy) is 1. The van der Waals surface area contributed by atoms with Crippen molar-refractivity contribution in [2.75, 3.05) is 39.9 Å². The smallest absolute Gasteiger partial charge is 0.280 e. The van der Waals surface area contributed by atoms with E-state index in [0.717, 1.165) is 0 Å². The number of rotatable bonds is 5. The lowest BCUT2D eigenvalue weighted by Gasteiger charge is -2.41. The highest BCUT2D eigenvalue weighted by Gasteiger charge is 2.37. The second kappa shape index (κ2) is 5.42. The van der Waals surface area contributed by atoms with Crippen LogP contribution in [0.5, 0.6) is 0 Å². The largest absolute Gasteiger partial charge is 0.383 e. The number of hydrogen-bond acceptors (Lipinski definition) is 4. The van der Waals surface area contributed by atoms with Crippen LogP contribution in [-0.2, 0) is 14.9 Å². The van der Waals surface area contributed by atoms with Gasteiger partial charge in [-0.2, -0.15) is 17.4 Å². The highest BCUT2D eigenvalue weighted by Crippen LogP contribution is 2.19. The third kappa shape index (κ3) is 3.39. The Morgan fingerprint density at radius 2 is 2.19 bits per heavy atom. The molecule has 0 bridgehead atoms. The molecule has 16 heavy (non-hydrogen) atoms. The highest BCUT2D eigenvalue weighted by molar-refractivity contribution is 7.87. The van der Waals surface area contributed by atoms with Gasteiger partial charge in [-0.25, -0.2) is 0 Å². The lowest BCUT2D eigenvalue weighted by atomic mass is 10.0. The van der Waals surface area contributed by atoms with Gasteiger partial charge in [0.1, 0.15) is 0 Å². The first-order valence-electron chi connectivity index (χ1n) is 5.37. The number of nitrogens with zero attached hydrogens (tertiary/aromatic N) is 1. The fraction of sp³-hybridized carbons (Fsp3) is 1.00. The van der Waals surface area contributed by atoms with Crippen LogP contribution in [0, 0.1) is 0 Å². The summed E-state index contributed by atoms with van der Waals surface area (Å²) in [6, 6.07) is 0. The lowest BCUT2D eigenvalue weighted by Crippen LogP contribution is -2.62. The van der Waals surface area contributed by atoms with E-state index in [9.17, 15) is 8.42 Å². The topological polar surface area (TPSA) is 70.7 Å². The molecular weight excluding hydrogens is 230 g/mol. The number of piperazine rings is 1. The quantitative estimate of drug-likeness (QED) is 0.625. The summed E-state index contributed by atoms with van der Waals surface area (Å²) >= 11 is 0. The number of nitrogens with one attached hydrogen (secondary N) is 2. The molecular formula is C9H21N3O3S. The molecule has 0 amide bonds. The second-order valence-corrected chi connectivity index (χ2v) is 6.13. The van der Waals surface area contributed by atoms with E-state index in [0.29, 0.717) is 32.8 Å². The van der Waals surface area contributed by atoms with Crippen LogP contribution in [0.1, 0.15) is 13.8 Å². The average Bonchev–Trinajstić information content (AvgIpc) is 2.16. The van der Waals surface area contributed by atoms with E-state index in [1.165, 1.54) is 4.31 Å². The molecule has 1 rings (SSSR count). The van der Waals surface area contributed by atoms with Crippen molar-refractivity contribution in [3.63, 3.8) is 0 Å². The summed E-state index contributed by atoms with van der Waals surface area (Å²) in [5.74, 6) is 0. The molecule has 1 saturated heterocycles. The van der Waals surface area contributed by atoms with Crippen molar-refractivity contribution in [3.8, 4) is 0 Å². The minimum absolute atomic E-state index is 0.304. The zero-order chi connectivity index (χ0) is 12.2. The van der Waals surface area contributed by atoms with E-state index in [1.54, 1.807) is 7.11 Å². The van der Waals surface area contributed by atoms with Crippen molar-refractivity contribution in [1.82, 2.24) is 14.3 Å². The molecule has 1 heterocycles. The maximum atomic E-state index is 12.0. The molecule has 0 aromatic rings. The first-order chi connectivity index (χ1) is 7.40. The molecule has 96 valence electrons. The normalized spacial score (nSPS) is 22.2. The first-order valence-corrected chi connectivity index (χ1v) is 6.81. The molecule has 0 radical (unpaired) electrons. The monoisotopic (exact) mass is 251 g/mol. The minimum Gasteiger partial charge on any atom is -0.383 e. The van der Waals surface area contributed by atoms with Gasteiger partial charge >= 0.3 is 0 Å². The van der Waals surface area contributed by atoms with Gasteiger partial charge in [-0.05, 0) is 13.8 Å². The molecule has 0 saturated carbocycles. The fourth-order valence-corrected chi connectivity index (χ4v) is 3.31. The Morgan fingerprint density at radius 3 is 2.75 bits per heavy atom. The van der Waals surface area contributed by atoms with Gasteiger partial charge in [0.05, 0.1) is 6.61 Å². The van der Waals surface area contributed by atoms with E-state index < -0.39 is 15.7 Å². The van der Waals surface area contributed by atoms with Crippen LogP contribution in [0.25, 0.3) is 0 Å². The molecule has 0 aromatic carbocycles. The predicted molar refractivity (Wildman–Crippen MR) is 62.5 cm³/mol. The molecule has 1 fully saturated rings. The molecule has 6 nitrogen and oxygen atoms in total. The van der Waals surface area contributed by atoms with Crippen molar-refractivity contribution in [1.29, 1.82) is 0 Å². The van der Waals surface area contributed by atoms with Crippen LogP contribution >= 0.6 is 0 Å². The lowest BCUT2D eigenvalue weighted by molar-refractivity contribution is 0.179. The standard InChI is InChI=1S/C9H21N3O3S/c1-9(2)8-10-4-6-12(9)16(13,14)11-5-7-15-3/h10-11H,4-8H2,1-3H3. The van der Waals surface area contributed by atoms with Gasteiger partial charge < -0.3 is 10.1 Å². The SMILES string of the molecule is COCCNS(=O)(=O)N1CCNCC1(C)C. The molecule has 7 heteroatoms. The van der Waals surface area contributed by atoms with E-state index in [1.807, 2.05) is 13.8 Å². The van der Waals surface area contributed by atoms with Crippen molar-refractivity contribution < 1.29 is 13.2 Å². The van der Waals surface area contributed by atoms with Gasteiger partial charge in [-0.3, -0.25) is 0 Å². The summed E-state index contributed by atoms with van der Waals surface area (Å²) in [7, 11) is -1.86. The Kier molecular flexibility index (Phi) is 4.69. The Labute approximate surface area is 97.5 Å². The van der Waals surface area contributed by atoms with Gasteiger partial charge in [0.25, 0.3) is 10.2 Å². The summed E-state index contributed by atoms with van der Waals surface area (Å²) in [5.41, 5.74) is -0.392. The number of hydrogen-bond donors (Lipinski definition) is 2. The second-order valence-electron chi connectivity index (χ2n) is 4.45. The van der Waals surface area contributed by atoms with Crippen LogP contribution < -0.4 is 10.0 Å². The third-order valence-electron chi connectivity index (χ3n) is 2.61. The zero-order valence-corrected chi connectivity index (χ0v) is 10.9. The van der Waals surface area contributed by atoms with Crippen molar-refractivity contribution >= 4 is 10.2 Å². The van der Waals surface area contributed by atoms with Gasteiger partial charge in [0.15, 0.2) is 0 Å². The van der Waals surface area contributed by atoms with Gasteiger partial charge in [-0.15, -0.1) is 0 Å². The molecule has 0 unspecified atom stereocenters. The van der Waals surface area contributed by atoms with Gasteiger partial charge in [-0.1, -0.05) is 0 Å². The molecule has 0 atom stereocenters. The first kappa shape index (κ1) is 13.9. The average molecular weight is 251 g/mol. The summed E-state index contributed by atoms with van der Waals surface area (Å²) < 4.78 is 32.9. The molecule has 1 aliphatic heterocycles. The van der Waals surface area contributed by atoms with Crippen LogP contribution in [0.2, 0.25) is 0 Å². The summed E-state index contributed by atoms with van der Waals surface area (Å²) in [6.07, 6.45) is 0. The maximum Gasteiger partial charge on any atom is 0.280 e. The Balaban J connectivity index is 2.66. The zero-order valence-electron chi connectivity index (χ0n) is 10.1. The molecule has 1 aliphatic rings. The molecule has 0 aromatic heterocycles. The minimum atomic E-state index is -3.40. The van der Waals surface area contributed by atoms with Crippen molar-refractivity contribution in [2.45, 2.75) is 19.4 Å². The van der Waals surface area contributed by atoms with E-state index in [2.05, 4.69) is 10.0 Å². The Bertz CT molecular complexity index is 316. The van der Waals surface area contributed by atoms with Crippen molar-refractivity contribution in [3.05, 3.63) is 0 Å². The van der Waals surface area contributed by atoms with E-state index in [4.69, 9.17) is 4.74 Å². The summed E-state index contributed by atoms with van der Waals surface area (Å²) in [5, 5.41) is 3.19. The van der Waals surface area contributed by atoms with E-state index in [-0.39, 0.29) is 0 Å². The van der Waals surface area contributed by atoms with Crippen molar-refractivity contribution in [2.24, 2.45) is 0 Å². The van der Waals surface area contributed by atoms with Crippen LogP contribution in [0.4, 0.5) is 0 Å². The fourth-order valence-electron chi connectivity index (χ4n) is 1.76. The number of methoxy groups -OCH3 is 1. The Morgan fingerprint density at radius 1 is 1.50 bits per heavy atom. The predicted octanol–water partition coefficient (Wildman–Crippen LogP) is -0.849. The molecule has 2 N–H and O–H groups in total. The van der Waals surface area contributed by atoms with Crippen LogP contribution in [-0.4, -0.2) is 58.2 Å². The third-order valence-corrected chi connectivity index (χ3v) is 4.43. The van der Waals surface area contributed by atoms with Gasteiger partial charge in [0, 0.05) is 38.8 Å².